The molecule has 0 spiro atoms. The number of Topliss-reactive ketones (excluding diaryl/α,β-unsaturated/α-hetero) is 3. The number of carbonyl (C=O) groups excluding carboxylic acids is 3. The third-order valence-electron chi connectivity index (χ3n) is 6.36. The van der Waals surface area contributed by atoms with Crippen molar-refractivity contribution in [1.29, 1.82) is 0 Å². The second-order valence-electron chi connectivity index (χ2n) is 8.47. The summed E-state index contributed by atoms with van der Waals surface area (Å²) in [6.45, 7) is 1.20. The van der Waals surface area contributed by atoms with E-state index < -0.39 is 46.5 Å². The molecule has 3 aromatic carbocycles. The first-order chi connectivity index (χ1) is 16.6. The number of ketones is 3. The van der Waals surface area contributed by atoms with Crippen LogP contribution in [0.3, 0.4) is 0 Å². The van der Waals surface area contributed by atoms with Crippen molar-refractivity contribution < 1.29 is 39.5 Å². The number of benzene rings is 3. The van der Waals surface area contributed by atoms with Crippen LogP contribution in [0.1, 0.15) is 38.0 Å². The van der Waals surface area contributed by atoms with Crippen LogP contribution in [0, 0.1) is 0 Å². The fraction of sp³-hybridized carbons (Fsp3) is 0.222. The Morgan fingerprint density at radius 2 is 1.03 bits per heavy atom. The van der Waals surface area contributed by atoms with Gasteiger partial charge in [0.05, 0.1) is 6.10 Å². The Bertz CT molecular complexity index is 1250. The summed E-state index contributed by atoms with van der Waals surface area (Å²) >= 11 is 0. The van der Waals surface area contributed by atoms with E-state index in [1.54, 1.807) is 18.2 Å². The fourth-order valence-electron chi connectivity index (χ4n) is 4.47. The molecule has 180 valence electrons. The van der Waals surface area contributed by atoms with Crippen LogP contribution in [0.25, 0.3) is 0 Å². The molecule has 4 rings (SSSR count). The Balaban J connectivity index is 2.02. The highest BCUT2D eigenvalue weighted by atomic mass is 16.7. The van der Waals surface area contributed by atoms with Crippen molar-refractivity contribution >= 4 is 17.3 Å². The minimum atomic E-state index is -3.65. The minimum absolute atomic E-state index is 0.160. The van der Waals surface area contributed by atoms with Gasteiger partial charge >= 0.3 is 0 Å². The van der Waals surface area contributed by atoms with Gasteiger partial charge in [0.2, 0.25) is 23.0 Å². The third kappa shape index (κ3) is 3.54. The monoisotopic (exact) mass is 476 g/mol. The maximum atomic E-state index is 13.8. The Labute approximate surface area is 201 Å². The maximum absolute atomic E-state index is 13.8. The SMILES string of the molecule is C[C@H]1O[C@](O)(C(=O)c2ccccc2)[C@](O)(C(=O)c2ccccc2)[C@](O)(C(=O)c2ccccc2)[C@@H]1O. The molecule has 4 N–H and O–H groups in total. The lowest BCUT2D eigenvalue weighted by Gasteiger charge is -2.55. The lowest BCUT2D eigenvalue weighted by Crippen LogP contribution is -2.85. The molecule has 1 aliphatic rings. The summed E-state index contributed by atoms with van der Waals surface area (Å²) in [6.07, 6.45) is -3.74. The van der Waals surface area contributed by atoms with E-state index in [0.717, 1.165) is 0 Å². The fourth-order valence-corrected chi connectivity index (χ4v) is 4.47. The molecule has 0 aromatic heterocycles. The van der Waals surface area contributed by atoms with Crippen LogP contribution in [-0.2, 0) is 4.74 Å². The van der Waals surface area contributed by atoms with Crippen LogP contribution in [0.15, 0.2) is 91.0 Å². The molecule has 0 saturated carbocycles. The number of hydrogen-bond acceptors (Lipinski definition) is 8. The quantitative estimate of drug-likeness (QED) is 0.393. The summed E-state index contributed by atoms with van der Waals surface area (Å²) in [6, 6.07) is 21.4. The van der Waals surface area contributed by atoms with Gasteiger partial charge in [0.15, 0.2) is 5.60 Å². The summed E-state index contributed by atoms with van der Waals surface area (Å²) in [7, 11) is 0. The van der Waals surface area contributed by atoms with Crippen LogP contribution >= 0.6 is 0 Å². The summed E-state index contributed by atoms with van der Waals surface area (Å²) in [5, 5.41) is 46.6. The van der Waals surface area contributed by atoms with E-state index in [0.29, 0.717) is 0 Å². The van der Waals surface area contributed by atoms with E-state index in [2.05, 4.69) is 0 Å². The first-order valence-corrected chi connectivity index (χ1v) is 10.9. The standard InChI is InChI=1S/C27H24O8/c1-17-21(28)25(32,22(29)18-11-5-2-6-12-18)26(33,23(30)19-13-7-3-8-14-19)27(34,35-17)24(31)20-15-9-4-10-16-20/h2-17,21,28,32-34H,1H3/t17-,21-,25-,26+,27-/m1/s1. The zero-order chi connectivity index (χ0) is 25.4. The van der Waals surface area contributed by atoms with Crippen molar-refractivity contribution in [3.8, 4) is 0 Å². The Kier molecular flexibility index (Phi) is 6.27. The Hall–Kier alpha value is -3.53. The largest absolute Gasteiger partial charge is 0.387 e. The van der Waals surface area contributed by atoms with Crippen molar-refractivity contribution in [3.05, 3.63) is 108 Å². The van der Waals surface area contributed by atoms with Crippen molar-refractivity contribution in [2.24, 2.45) is 0 Å². The molecule has 0 radical (unpaired) electrons. The lowest BCUT2D eigenvalue weighted by atomic mass is 9.62. The van der Waals surface area contributed by atoms with Crippen LogP contribution in [0.2, 0.25) is 0 Å². The zero-order valence-corrected chi connectivity index (χ0v) is 18.7. The maximum Gasteiger partial charge on any atom is 0.272 e. The van der Waals surface area contributed by atoms with Crippen LogP contribution in [0.5, 0.6) is 0 Å². The van der Waals surface area contributed by atoms with Gasteiger partial charge in [-0.15, -0.1) is 0 Å². The van der Waals surface area contributed by atoms with E-state index in [4.69, 9.17) is 4.74 Å². The van der Waals surface area contributed by atoms with E-state index >= 15 is 0 Å². The number of hydrogen-bond donors (Lipinski definition) is 4. The van der Waals surface area contributed by atoms with Gasteiger partial charge in [-0.25, -0.2) is 0 Å². The molecule has 0 unspecified atom stereocenters. The van der Waals surface area contributed by atoms with E-state index in [1.807, 2.05) is 0 Å². The van der Waals surface area contributed by atoms with Crippen molar-refractivity contribution in [1.82, 2.24) is 0 Å². The van der Waals surface area contributed by atoms with Gasteiger partial charge in [-0.1, -0.05) is 91.0 Å². The molecular weight excluding hydrogens is 452 g/mol. The summed E-state index contributed by atoms with van der Waals surface area (Å²) < 4.78 is 5.41. The zero-order valence-electron chi connectivity index (χ0n) is 18.7. The average molecular weight is 476 g/mol. The molecule has 1 fully saturated rings. The smallest absolute Gasteiger partial charge is 0.272 e. The van der Waals surface area contributed by atoms with Gasteiger partial charge < -0.3 is 25.2 Å². The van der Waals surface area contributed by atoms with Crippen molar-refractivity contribution in [2.45, 2.75) is 36.1 Å². The number of ether oxygens (including phenoxy) is 1. The third-order valence-corrected chi connectivity index (χ3v) is 6.36. The minimum Gasteiger partial charge on any atom is -0.387 e. The second-order valence-corrected chi connectivity index (χ2v) is 8.47. The summed E-state index contributed by atoms with van der Waals surface area (Å²) in [5.41, 5.74) is -7.59. The predicted molar refractivity (Wildman–Crippen MR) is 124 cm³/mol. The van der Waals surface area contributed by atoms with E-state index in [-0.39, 0.29) is 16.7 Å². The molecule has 1 saturated heterocycles. The van der Waals surface area contributed by atoms with E-state index in [1.165, 1.54) is 79.7 Å². The Morgan fingerprint density at radius 3 is 1.46 bits per heavy atom. The molecular formula is C27H24O8. The van der Waals surface area contributed by atoms with Gasteiger partial charge in [0.25, 0.3) is 5.79 Å². The van der Waals surface area contributed by atoms with Gasteiger partial charge in [-0.3, -0.25) is 14.4 Å². The topological polar surface area (TPSA) is 141 Å². The molecule has 3 aromatic rings. The normalized spacial score (nSPS) is 30.4. The van der Waals surface area contributed by atoms with E-state index in [9.17, 15) is 34.8 Å². The highest BCUT2D eigenvalue weighted by Gasteiger charge is 2.79. The van der Waals surface area contributed by atoms with Gasteiger partial charge in [0, 0.05) is 16.7 Å². The molecule has 1 aliphatic heterocycles. The number of rotatable bonds is 6. The molecule has 0 aliphatic carbocycles. The van der Waals surface area contributed by atoms with Crippen LogP contribution in [-0.4, -0.2) is 67.0 Å². The first-order valence-electron chi connectivity index (χ1n) is 10.9. The number of aliphatic hydroxyl groups excluding tert-OH is 1. The lowest BCUT2D eigenvalue weighted by molar-refractivity contribution is -0.356. The van der Waals surface area contributed by atoms with Crippen LogP contribution in [0.4, 0.5) is 0 Å². The molecule has 5 atom stereocenters. The molecule has 0 amide bonds. The van der Waals surface area contributed by atoms with Gasteiger partial charge in [-0.2, -0.15) is 0 Å². The number of aliphatic hydroxyl groups is 4. The molecule has 0 bridgehead atoms. The van der Waals surface area contributed by atoms with Crippen LogP contribution < -0.4 is 0 Å². The highest BCUT2D eigenvalue weighted by Crippen LogP contribution is 2.48. The van der Waals surface area contributed by atoms with Gasteiger partial charge in [-0.05, 0) is 6.92 Å². The summed E-state index contributed by atoms with van der Waals surface area (Å²) in [5.74, 6) is -7.38. The van der Waals surface area contributed by atoms with Gasteiger partial charge in [0.1, 0.15) is 6.10 Å². The highest BCUT2D eigenvalue weighted by molar-refractivity contribution is 6.17. The Morgan fingerprint density at radius 1 is 0.657 bits per heavy atom. The summed E-state index contributed by atoms with van der Waals surface area (Å²) in [4.78, 5) is 41.1. The predicted octanol–water partition coefficient (Wildman–Crippen LogP) is 1.57. The average Bonchev–Trinajstić information content (AvgIpc) is 2.90. The first kappa shape index (κ1) is 24.6. The van der Waals surface area contributed by atoms with Crippen molar-refractivity contribution in [2.75, 3.05) is 0 Å². The molecule has 8 heteroatoms. The molecule has 1 heterocycles. The van der Waals surface area contributed by atoms with Crippen molar-refractivity contribution in [3.63, 3.8) is 0 Å². The number of carbonyl (C=O) groups is 3. The second kappa shape index (κ2) is 8.92. The molecule has 35 heavy (non-hydrogen) atoms. The molecule has 8 nitrogen and oxygen atoms in total.